The predicted octanol–water partition coefficient (Wildman–Crippen LogP) is 2.94. The summed E-state index contributed by atoms with van der Waals surface area (Å²) in [7, 11) is 0. The summed E-state index contributed by atoms with van der Waals surface area (Å²) >= 11 is 7.12. The first-order chi connectivity index (χ1) is 13.4. The summed E-state index contributed by atoms with van der Waals surface area (Å²) in [5, 5.41) is 3.60. The molecule has 0 atom stereocenters. The van der Waals surface area contributed by atoms with Gasteiger partial charge in [-0.3, -0.25) is 9.59 Å². The highest BCUT2D eigenvalue weighted by Gasteiger charge is 2.25. The number of aryl methyl sites for hydroxylation is 1. The second kappa shape index (κ2) is 9.07. The molecule has 3 N–H and O–H groups in total. The maximum absolute atomic E-state index is 12.1. The van der Waals surface area contributed by atoms with Crippen molar-refractivity contribution in [2.75, 3.05) is 18.5 Å². The van der Waals surface area contributed by atoms with Crippen LogP contribution in [0.2, 0.25) is 5.02 Å². The molecule has 0 spiro atoms. The number of primary amides is 1. The van der Waals surface area contributed by atoms with E-state index >= 15 is 0 Å². The van der Waals surface area contributed by atoms with Crippen LogP contribution < -0.4 is 15.8 Å². The van der Waals surface area contributed by atoms with E-state index in [1.165, 1.54) is 11.3 Å². The minimum atomic E-state index is -0.689. The van der Waals surface area contributed by atoms with Gasteiger partial charge in [0.1, 0.15) is 10.8 Å². The van der Waals surface area contributed by atoms with Crippen molar-refractivity contribution in [1.82, 2.24) is 0 Å². The van der Waals surface area contributed by atoms with Crippen LogP contribution >= 0.6 is 22.9 Å². The third kappa shape index (κ3) is 5.02. The third-order valence-electron chi connectivity index (χ3n) is 4.21. The van der Waals surface area contributed by atoms with Crippen molar-refractivity contribution >= 4 is 45.7 Å². The Morgan fingerprint density at radius 1 is 1.11 bits per heavy atom. The number of anilines is 1. The minimum absolute atomic E-state index is 0.339. The number of carbonyl (C=O) groups is 3. The molecule has 148 valence electrons. The van der Waals surface area contributed by atoms with Crippen LogP contribution in [0.1, 0.15) is 33.6 Å². The average Bonchev–Trinajstić information content (AvgIpc) is 3.03. The molecule has 1 aliphatic rings. The fourth-order valence-corrected chi connectivity index (χ4v) is 4.37. The highest BCUT2D eigenvalue weighted by Crippen LogP contribution is 2.37. The van der Waals surface area contributed by atoms with Gasteiger partial charge in [0.25, 0.3) is 11.8 Å². The number of amides is 2. The lowest BCUT2D eigenvalue weighted by molar-refractivity contribution is -0.149. The van der Waals surface area contributed by atoms with Crippen molar-refractivity contribution in [2.24, 2.45) is 5.73 Å². The zero-order chi connectivity index (χ0) is 20.1. The van der Waals surface area contributed by atoms with Crippen LogP contribution in [0.3, 0.4) is 0 Å². The normalized spacial score (nSPS) is 12.8. The molecule has 28 heavy (non-hydrogen) atoms. The van der Waals surface area contributed by atoms with Gasteiger partial charge in [-0.25, -0.2) is 4.79 Å². The fraction of sp³-hybridized carbons (Fsp3) is 0.316. The van der Waals surface area contributed by atoms with Crippen molar-refractivity contribution < 1.29 is 23.9 Å². The maximum atomic E-state index is 12.1. The topological polar surface area (TPSA) is 108 Å². The van der Waals surface area contributed by atoms with E-state index < -0.39 is 24.4 Å². The van der Waals surface area contributed by atoms with Crippen LogP contribution in [-0.2, 0) is 27.2 Å². The number of carbonyl (C=O) groups excluding carboxylic acids is 3. The Bertz CT molecular complexity index is 894. The van der Waals surface area contributed by atoms with Crippen LogP contribution in [0.25, 0.3) is 0 Å². The van der Waals surface area contributed by atoms with E-state index in [2.05, 4.69) is 5.32 Å². The molecule has 2 amide bonds. The second-order valence-electron chi connectivity index (χ2n) is 6.23. The summed E-state index contributed by atoms with van der Waals surface area (Å²) < 4.78 is 10.2. The number of halogens is 1. The Kier molecular flexibility index (Phi) is 6.53. The highest BCUT2D eigenvalue weighted by molar-refractivity contribution is 7.17. The number of hydrogen-bond acceptors (Lipinski definition) is 6. The molecule has 1 heterocycles. The molecule has 0 radical (unpaired) electrons. The van der Waals surface area contributed by atoms with Crippen LogP contribution in [0.4, 0.5) is 5.00 Å². The Morgan fingerprint density at radius 3 is 2.54 bits per heavy atom. The first-order valence-electron chi connectivity index (χ1n) is 8.72. The lowest BCUT2D eigenvalue weighted by Crippen LogP contribution is -2.24. The van der Waals surface area contributed by atoms with Crippen molar-refractivity contribution in [1.29, 1.82) is 0 Å². The summed E-state index contributed by atoms with van der Waals surface area (Å²) in [5.41, 5.74) is 6.78. The minimum Gasteiger partial charge on any atom is -0.482 e. The third-order valence-corrected chi connectivity index (χ3v) is 5.66. The standard InChI is InChI=1S/C19H19ClN2O5S/c20-11-5-7-12(8-6-11)26-10-16(24)27-9-15(23)22-19-17(18(21)25)13-3-1-2-4-14(13)28-19/h5-8H,1-4,9-10H2,(H2,21,25)(H,22,23). The zero-order valence-corrected chi connectivity index (χ0v) is 16.5. The Morgan fingerprint density at radius 2 is 1.82 bits per heavy atom. The number of rotatable bonds is 7. The number of benzene rings is 1. The smallest absolute Gasteiger partial charge is 0.344 e. The molecule has 0 aliphatic heterocycles. The van der Waals surface area contributed by atoms with Gasteiger partial charge in [0.05, 0.1) is 5.56 Å². The van der Waals surface area contributed by atoms with E-state index in [0.717, 1.165) is 36.1 Å². The Hall–Kier alpha value is -2.58. The van der Waals surface area contributed by atoms with Gasteiger partial charge in [0, 0.05) is 9.90 Å². The van der Waals surface area contributed by atoms with Crippen LogP contribution in [0, 0.1) is 0 Å². The second-order valence-corrected chi connectivity index (χ2v) is 7.77. The number of esters is 1. The molecule has 0 bridgehead atoms. The monoisotopic (exact) mass is 422 g/mol. The van der Waals surface area contributed by atoms with E-state index in [1.807, 2.05) is 0 Å². The Labute approximate surface area is 170 Å². The first kappa shape index (κ1) is 20.2. The van der Waals surface area contributed by atoms with Crippen molar-refractivity contribution in [2.45, 2.75) is 25.7 Å². The molecule has 0 fully saturated rings. The van der Waals surface area contributed by atoms with E-state index in [1.54, 1.807) is 24.3 Å². The zero-order valence-electron chi connectivity index (χ0n) is 15.0. The van der Waals surface area contributed by atoms with Gasteiger partial charge in [-0.2, -0.15) is 0 Å². The van der Waals surface area contributed by atoms with Crippen LogP contribution in [-0.4, -0.2) is 31.0 Å². The molecule has 1 aromatic heterocycles. The van der Waals surface area contributed by atoms with Gasteiger partial charge in [-0.1, -0.05) is 11.6 Å². The molecule has 0 saturated heterocycles. The van der Waals surface area contributed by atoms with Gasteiger partial charge in [-0.15, -0.1) is 11.3 Å². The molecule has 0 unspecified atom stereocenters. The van der Waals surface area contributed by atoms with Gasteiger partial charge < -0.3 is 20.5 Å². The number of hydrogen-bond donors (Lipinski definition) is 2. The molecular formula is C19H19ClN2O5S. The summed E-state index contributed by atoms with van der Waals surface area (Å²) in [4.78, 5) is 36.8. The van der Waals surface area contributed by atoms with Crippen molar-refractivity contribution in [3.05, 3.63) is 45.3 Å². The van der Waals surface area contributed by atoms with Gasteiger partial charge in [0.2, 0.25) is 0 Å². The molecular weight excluding hydrogens is 404 g/mol. The maximum Gasteiger partial charge on any atom is 0.344 e. The van der Waals surface area contributed by atoms with E-state index in [-0.39, 0.29) is 6.61 Å². The number of nitrogens with one attached hydrogen (secondary N) is 1. The molecule has 7 nitrogen and oxygen atoms in total. The molecule has 1 aliphatic carbocycles. The summed E-state index contributed by atoms with van der Waals surface area (Å²) in [5.74, 6) is -1.34. The van der Waals surface area contributed by atoms with E-state index in [9.17, 15) is 14.4 Å². The molecule has 3 rings (SSSR count). The van der Waals surface area contributed by atoms with Crippen molar-refractivity contribution in [3.63, 3.8) is 0 Å². The SMILES string of the molecule is NC(=O)c1c(NC(=O)COC(=O)COc2ccc(Cl)cc2)sc2c1CCCC2. The quantitative estimate of drug-likeness (QED) is 0.667. The number of ether oxygens (including phenoxy) is 2. The predicted molar refractivity (Wildman–Crippen MR) is 106 cm³/mol. The van der Waals surface area contributed by atoms with Gasteiger partial charge in [-0.05, 0) is 55.5 Å². The van der Waals surface area contributed by atoms with Gasteiger partial charge in [0.15, 0.2) is 13.2 Å². The molecule has 0 saturated carbocycles. The number of nitrogens with two attached hydrogens (primary N) is 1. The van der Waals surface area contributed by atoms with Crippen molar-refractivity contribution in [3.8, 4) is 5.75 Å². The van der Waals surface area contributed by atoms with E-state index in [0.29, 0.717) is 21.3 Å². The Balaban J connectivity index is 1.51. The lowest BCUT2D eigenvalue weighted by Gasteiger charge is -2.11. The van der Waals surface area contributed by atoms with E-state index in [4.69, 9.17) is 26.8 Å². The molecule has 9 heteroatoms. The average molecular weight is 423 g/mol. The van der Waals surface area contributed by atoms with Crippen LogP contribution in [0.15, 0.2) is 24.3 Å². The highest BCUT2D eigenvalue weighted by atomic mass is 35.5. The lowest BCUT2D eigenvalue weighted by atomic mass is 9.95. The van der Waals surface area contributed by atoms with Gasteiger partial charge >= 0.3 is 5.97 Å². The molecule has 1 aromatic carbocycles. The summed E-state index contributed by atoms with van der Waals surface area (Å²) in [6, 6.07) is 6.50. The first-order valence-corrected chi connectivity index (χ1v) is 9.91. The number of fused-ring (bicyclic) bond motifs is 1. The summed E-state index contributed by atoms with van der Waals surface area (Å²) in [6.07, 6.45) is 3.68. The molecule has 2 aromatic rings. The largest absolute Gasteiger partial charge is 0.482 e. The fourth-order valence-electron chi connectivity index (χ4n) is 2.94. The summed E-state index contributed by atoms with van der Waals surface area (Å²) in [6.45, 7) is -0.821. The number of thiophene rings is 1. The van der Waals surface area contributed by atoms with Crippen LogP contribution in [0.5, 0.6) is 5.75 Å².